The number of benzene rings is 1. The van der Waals surface area contributed by atoms with Crippen molar-refractivity contribution in [1.82, 2.24) is 9.97 Å². The average molecular weight is 364 g/mol. The lowest BCUT2D eigenvalue weighted by atomic mass is 10.2. The fraction of sp³-hybridized carbons (Fsp3) is 0.200. The quantitative estimate of drug-likeness (QED) is 0.762. The number of rotatable bonds is 5. The molecular weight excluding hydrogens is 350 g/mol. The van der Waals surface area contributed by atoms with Gasteiger partial charge in [-0.05, 0) is 35.0 Å². The maximum Gasteiger partial charge on any atom is 0.326 e. The third kappa shape index (κ3) is 4.11. The Morgan fingerprint density at radius 1 is 1.18 bits per heavy atom. The van der Waals surface area contributed by atoms with Gasteiger partial charge in [0.2, 0.25) is 0 Å². The SMILES string of the molecule is CCOC(=O)CN(C(=O)c1cnc(Br)cn1)c1ccccc1. The molecule has 0 radical (unpaired) electrons. The largest absolute Gasteiger partial charge is 0.465 e. The van der Waals surface area contributed by atoms with E-state index < -0.39 is 11.9 Å². The molecule has 1 aromatic carbocycles. The van der Waals surface area contributed by atoms with E-state index in [9.17, 15) is 9.59 Å². The fourth-order valence-electron chi connectivity index (χ4n) is 1.79. The maximum absolute atomic E-state index is 12.6. The van der Waals surface area contributed by atoms with Gasteiger partial charge in [-0.2, -0.15) is 0 Å². The molecule has 0 atom stereocenters. The highest BCUT2D eigenvalue weighted by Crippen LogP contribution is 2.16. The number of hydrogen-bond acceptors (Lipinski definition) is 5. The summed E-state index contributed by atoms with van der Waals surface area (Å²) >= 11 is 3.16. The molecule has 6 nitrogen and oxygen atoms in total. The second-order valence-corrected chi connectivity index (χ2v) is 5.07. The van der Waals surface area contributed by atoms with Gasteiger partial charge >= 0.3 is 5.97 Å². The van der Waals surface area contributed by atoms with Gasteiger partial charge in [0.05, 0.1) is 19.0 Å². The highest BCUT2D eigenvalue weighted by atomic mass is 79.9. The van der Waals surface area contributed by atoms with E-state index in [1.54, 1.807) is 31.2 Å². The van der Waals surface area contributed by atoms with Crippen molar-refractivity contribution in [2.24, 2.45) is 0 Å². The molecule has 22 heavy (non-hydrogen) atoms. The smallest absolute Gasteiger partial charge is 0.326 e. The third-order valence-electron chi connectivity index (χ3n) is 2.75. The van der Waals surface area contributed by atoms with Crippen LogP contribution in [0.3, 0.4) is 0 Å². The molecule has 0 spiro atoms. The number of ether oxygens (including phenoxy) is 1. The Labute approximate surface area is 136 Å². The molecular formula is C15H14BrN3O3. The summed E-state index contributed by atoms with van der Waals surface area (Å²) in [6.07, 6.45) is 2.79. The Morgan fingerprint density at radius 2 is 1.91 bits per heavy atom. The Hall–Kier alpha value is -2.28. The number of carbonyl (C=O) groups excluding carboxylic acids is 2. The molecule has 1 amide bonds. The summed E-state index contributed by atoms with van der Waals surface area (Å²) in [5.74, 6) is -0.899. The normalized spacial score (nSPS) is 10.1. The van der Waals surface area contributed by atoms with Crippen LogP contribution in [-0.2, 0) is 9.53 Å². The minimum atomic E-state index is -0.482. The van der Waals surface area contributed by atoms with Crippen LogP contribution in [0.25, 0.3) is 0 Å². The van der Waals surface area contributed by atoms with E-state index in [2.05, 4.69) is 25.9 Å². The van der Waals surface area contributed by atoms with Crippen LogP contribution in [0.4, 0.5) is 5.69 Å². The van der Waals surface area contributed by atoms with Crippen molar-refractivity contribution in [3.8, 4) is 0 Å². The Kier molecular flexibility index (Phi) is 5.60. The predicted octanol–water partition coefficient (Wildman–Crippen LogP) is 2.45. The molecule has 1 heterocycles. The van der Waals surface area contributed by atoms with Crippen molar-refractivity contribution in [3.63, 3.8) is 0 Å². The second-order valence-electron chi connectivity index (χ2n) is 4.26. The number of esters is 1. The molecule has 0 N–H and O–H groups in total. The predicted molar refractivity (Wildman–Crippen MR) is 84.5 cm³/mol. The molecule has 0 bridgehead atoms. The van der Waals surface area contributed by atoms with Gasteiger partial charge in [-0.3, -0.25) is 14.5 Å². The lowest BCUT2D eigenvalue weighted by Crippen LogP contribution is -2.37. The lowest BCUT2D eigenvalue weighted by molar-refractivity contribution is -0.141. The highest BCUT2D eigenvalue weighted by molar-refractivity contribution is 9.10. The zero-order valence-electron chi connectivity index (χ0n) is 11.9. The first-order valence-corrected chi connectivity index (χ1v) is 7.41. The van der Waals surface area contributed by atoms with E-state index in [-0.39, 0.29) is 18.8 Å². The summed E-state index contributed by atoms with van der Waals surface area (Å²) in [6.45, 7) is 1.79. The minimum absolute atomic E-state index is 0.149. The minimum Gasteiger partial charge on any atom is -0.465 e. The van der Waals surface area contributed by atoms with Crippen molar-refractivity contribution in [3.05, 3.63) is 53.0 Å². The standard InChI is InChI=1S/C15H14BrN3O3/c1-2-22-14(20)10-19(11-6-4-3-5-7-11)15(21)12-8-18-13(16)9-17-12/h3-9H,2,10H2,1H3. The summed E-state index contributed by atoms with van der Waals surface area (Å²) in [7, 11) is 0. The Bertz CT molecular complexity index is 647. The van der Waals surface area contributed by atoms with Crippen LogP contribution in [-0.4, -0.2) is 35.0 Å². The van der Waals surface area contributed by atoms with E-state index in [0.717, 1.165) is 0 Å². The van der Waals surface area contributed by atoms with Crippen molar-refractivity contribution < 1.29 is 14.3 Å². The molecule has 0 aliphatic carbocycles. The first kappa shape index (κ1) is 16.1. The molecule has 0 fully saturated rings. The number of anilines is 1. The zero-order valence-corrected chi connectivity index (χ0v) is 13.5. The summed E-state index contributed by atoms with van der Waals surface area (Å²) in [5.41, 5.74) is 0.738. The summed E-state index contributed by atoms with van der Waals surface area (Å²) in [6, 6.07) is 8.88. The molecule has 0 saturated heterocycles. The monoisotopic (exact) mass is 363 g/mol. The van der Waals surface area contributed by atoms with Gasteiger partial charge in [0, 0.05) is 5.69 Å². The third-order valence-corrected chi connectivity index (χ3v) is 3.15. The number of aromatic nitrogens is 2. The number of hydrogen-bond donors (Lipinski definition) is 0. The van der Waals surface area contributed by atoms with Crippen LogP contribution in [0, 0.1) is 0 Å². The topological polar surface area (TPSA) is 72.4 Å². The Balaban J connectivity index is 2.29. The molecule has 1 aromatic heterocycles. The van der Waals surface area contributed by atoms with E-state index in [0.29, 0.717) is 10.3 Å². The highest BCUT2D eigenvalue weighted by Gasteiger charge is 2.22. The van der Waals surface area contributed by atoms with Crippen LogP contribution in [0.2, 0.25) is 0 Å². The summed E-state index contributed by atoms with van der Waals surface area (Å²) < 4.78 is 5.45. The number of para-hydroxylation sites is 1. The molecule has 2 rings (SSSR count). The summed E-state index contributed by atoms with van der Waals surface area (Å²) in [5, 5.41) is 0. The molecule has 7 heteroatoms. The van der Waals surface area contributed by atoms with Crippen molar-refractivity contribution >= 4 is 33.5 Å². The zero-order chi connectivity index (χ0) is 15.9. The van der Waals surface area contributed by atoms with Gasteiger partial charge < -0.3 is 4.74 Å². The van der Waals surface area contributed by atoms with Gasteiger partial charge in [-0.1, -0.05) is 18.2 Å². The van der Waals surface area contributed by atoms with Crippen LogP contribution in [0.1, 0.15) is 17.4 Å². The number of halogens is 1. The van der Waals surface area contributed by atoms with Crippen LogP contribution in [0.5, 0.6) is 0 Å². The van der Waals surface area contributed by atoms with Crippen LogP contribution >= 0.6 is 15.9 Å². The first-order valence-electron chi connectivity index (χ1n) is 6.62. The van der Waals surface area contributed by atoms with Gasteiger partial charge in [0.15, 0.2) is 0 Å². The number of carbonyl (C=O) groups is 2. The summed E-state index contributed by atoms with van der Waals surface area (Å²) in [4.78, 5) is 33.7. The number of amides is 1. The van der Waals surface area contributed by atoms with Gasteiger partial charge in [0.1, 0.15) is 16.8 Å². The van der Waals surface area contributed by atoms with Crippen LogP contribution < -0.4 is 4.90 Å². The number of nitrogens with zero attached hydrogens (tertiary/aromatic N) is 3. The van der Waals surface area contributed by atoms with E-state index >= 15 is 0 Å². The van der Waals surface area contributed by atoms with Crippen LogP contribution in [0.15, 0.2) is 47.3 Å². The van der Waals surface area contributed by atoms with Gasteiger partial charge in [0.25, 0.3) is 5.91 Å². The maximum atomic E-state index is 12.6. The average Bonchev–Trinajstić information content (AvgIpc) is 2.54. The van der Waals surface area contributed by atoms with Crippen molar-refractivity contribution in [2.45, 2.75) is 6.92 Å². The molecule has 2 aromatic rings. The van der Waals surface area contributed by atoms with E-state index in [1.165, 1.54) is 17.3 Å². The molecule has 0 aliphatic rings. The first-order chi connectivity index (χ1) is 10.6. The van der Waals surface area contributed by atoms with Crippen molar-refractivity contribution in [1.29, 1.82) is 0 Å². The van der Waals surface area contributed by atoms with E-state index in [4.69, 9.17) is 4.74 Å². The molecule has 0 aliphatic heterocycles. The van der Waals surface area contributed by atoms with Gasteiger partial charge in [-0.25, -0.2) is 9.97 Å². The lowest BCUT2D eigenvalue weighted by Gasteiger charge is -2.21. The molecule has 0 saturated carbocycles. The molecule has 0 unspecified atom stereocenters. The van der Waals surface area contributed by atoms with E-state index in [1.807, 2.05) is 6.07 Å². The fourth-order valence-corrected chi connectivity index (χ4v) is 1.99. The molecule has 114 valence electrons. The second kappa shape index (κ2) is 7.65. The Morgan fingerprint density at radius 3 is 2.50 bits per heavy atom. The van der Waals surface area contributed by atoms with Gasteiger partial charge in [-0.15, -0.1) is 0 Å². The van der Waals surface area contributed by atoms with Crippen molar-refractivity contribution in [2.75, 3.05) is 18.1 Å².